The lowest BCUT2D eigenvalue weighted by molar-refractivity contribution is -0.0661. The first-order valence-electron chi connectivity index (χ1n) is 6.05. The molecular formula is C15H12F3NO2. The van der Waals surface area contributed by atoms with Gasteiger partial charge in [0, 0.05) is 11.3 Å². The Bertz CT molecular complexity index is 645. The van der Waals surface area contributed by atoms with Gasteiger partial charge in [-0.2, -0.15) is 8.78 Å². The van der Waals surface area contributed by atoms with Gasteiger partial charge in [0.05, 0.1) is 5.56 Å². The number of hydrogen-bond acceptors (Lipinski definition) is 3. The van der Waals surface area contributed by atoms with Gasteiger partial charge in [-0.25, -0.2) is 9.18 Å². The van der Waals surface area contributed by atoms with Crippen molar-refractivity contribution in [3.8, 4) is 0 Å². The summed E-state index contributed by atoms with van der Waals surface area (Å²) < 4.78 is 45.2. The maximum absolute atomic E-state index is 13.8. The Morgan fingerprint density at radius 3 is 2.48 bits per heavy atom. The van der Waals surface area contributed by atoms with Crippen molar-refractivity contribution in [2.24, 2.45) is 0 Å². The third-order valence-corrected chi connectivity index (χ3v) is 2.82. The van der Waals surface area contributed by atoms with Gasteiger partial charge in [0.15, 0.2) is 6.61 Å². The molecule has 0 atom stereocenters. The molecule has 110 valence electrons. The fourth-order valence-corrected chi connectivity index (χ4v) is 1.70. The minimum absolute atomic E-state index is 0.0376. The van der Waals surface area contributed by atoms with Gasteiger partial charge in [0.25, 0.3) is 0 Å². The van der Waals surface area contributed by atoms with Crippen LogP contribution in [0.25, 0.3) is 0 Å². The summed E-state index contributed by atoms with van der Waals surface area (Å²) >= 11 is 0. The molecule has 2 aromatic rings. The highest BCUT2D eigenvalue weighted by atomic mass is 19.3. The van der Waals surface area contributed by atoms with Crippen molar-refractivity contribution in [3.05, 3.63) is 65.5 Å². The lowest BCUT2D eigenvalue weighted by Gasteiger charge is -2.17. The van der Waals surface area contributed by atoms with Crippen LogP contribution in [-0.2, 0) is 10.7 Å². The quantitative estimate of drug-likeness (QED) is 0.695. The molecule has 0 unspecified atom stereocenters. The molecule has 0 amide bonds. The number of hydrogen-bond donors (Lipinski definition) is 1. The van der Waals surface area contributed by atoms with Crippen molar-refractivity contribution in [3.63, 3.8) is 0 Å². The predicted molar refractivity (Wildman–Crippen MR) is 71.4 cm³/mol. The Morgan fingerprint density at radius 2 is 1.81 bits per heavy atom. The van der Waals surface area contributed by atoms with Gasteiger partial charge < -0.3 is 10.5 Å². The van der Waals surface area contributed by atoms with E-state index in [0.29, 0.717) is 0 Å². The first-order chi connectivity index (χ1) is 9.90. The number of esters is 1. The number of alkyl halides is 2. The minimum atomic E-state index is -3.33. The van der Waals surface area contributed by atoms with E-state index in [-0.39, 0.29) is 16.8 Å². The predicted octanol–water partition coefficient (Wildman–Crippen LogP) is 3.36. The highest BCUT2D eigenvalue weighted by Gasteiger charge is 2.33. The molecule has 0 saturated heterocycles. The molecule has 0 aliphatic rings. The van der Waals surface area contributed by atoms with Crippen LogP contribution in [0.4, 0.5) is 18.9 Å². The third-order valence-electron chi connectivity index (χ3n) is 2.82. The van der Waals surface area contributed by atoms with Gasteiger partial charge >= 0.3 is 11.9 Å². The molecule has 0 radical (unpaired) electrons. The molecule has 21 heavy (non-hydrogen) atoms. The summed E-state index contributed by atoms with van der Waals surface area (Å²) in [4.78, 5) is 11.7. The van der Waals surface area contributed by atoms with E-state index in [1.807, 2.05) is 0 Å². The first-order valence-corrected chi connectivity index (χ1v) is 6.05. The van der Waals surface area contributed by atoms with Crippen molar-refractivity contribution < 1.29 is 22.7 Å². The monoisotopic (exact) mass is 295 g/mol. The molecule has 0 saturated carbocycles. The van der Waals surface area contributed by atoms with Gasteiger partial charge in [0.2, 0.25) is 0 Å². The second-order valence-electron chi connectivity index (χ2n) is 4.38. The highest BCUT2D eigenvalue weighted by Crippen LogP contribution is 2.28. The molecule has 0 spiro atoms. The van der Waals surface area contributed by atoms with Crippen LogP contribution in [0.2, 0.25) is 0 Å². The fraction of sp³-hybridized carbons (Fsp3) is 0.133. The number of anilines is 1. The molecule has 0 aliphatic carbocycles. The van der Waals surface area contributed by atoms with Gasteiger partial charge in [-0.05, 0) is 18.2 Å². The lowest BCUT2D eigenvalue weighted by Crippen LogP contribution is -2.23. The molecule has 0 aromatic heterocycles. The average molecular weight is 295 g/mol. The summed E-state index contributed by atoms with van der Waals surface area (Å²) in [5.74, 6) is -5.13. The number of carbonyl (C=O) groups excluding carboxylic acids is 1. The Morgan fingerprint density at radius 1 is 1.14 bits per heavy atom. The Kier molecular flexibility index (Phi) is 4.16. The summed E-state index contributed by atoms with van der Waals surface area (Å²) in [6.45, 7) is -1.15. The van der Waals surface area contributed by atoms with E-state index in [4.69, 9.17) is 5.73 Å². The zero-order valence-corrected chi connectivity index (χ0v) is 10.9. The molecule has 3 nitrogen and oxygen atoms in total. The van der Waals surface area contributed by atoms with Crippen LogP contribution in [0.5, 0.6) is 0 Å². The van der Waals surface area contributed by atoms with E-state index in [0.717, 1.165) is 12.1 Å². The number of nitrogen functional groups attached to an aromatic ring is 1. The largest absolute Gasteiger partial charge is 0.455 e. The minimum Gasteiger partial charge on any atom is -0.455 e. The Balaban J connectivity index is 2.09. The number of nitrogens with two attached hydrogens (primary N) is 1. The summed E-state index contributed by atoms with van der Waals surface area (Å²) in [7, 11) is 0. The van der Waals surface area contributed by atoms with Crippen molar-refractivity contribution in [2.75, 3.05) is 12.3 Å². The standard InChI is InChI=1S/C15H12F3NO2/c16-11-6-7-13(19)12(8-11)14(20)21-9-15(17,18)10-4-2-1-3-5-10/h1-8H,9,19H2. The second-order valence-corrected chi connectivity index (χ2v) is 4.38. The highest BCUT2D eigenvalue weighted by molar-refractivity contribution is 5.95. The Labute approximate surface area is 119 Å². The summed E-state index contributed by atoms with van der Waals surface area (Å²) in [5, 5.41) is 0. The van der Waals surface area contributed by atoms with Crippen LogP contribution in [0.15, 0.2) is 48.5 Å². The molecule has 0 heterocycles. The molecule has 2 rings (SSSR count). The van der Waals surface area contributed by atoms with Crippen molar-refractivity contribution in [1.82, 2.24) is 0 Å². The zero-order chi connectivity index (χ0) is 15.5. The fourth-order valence-electron chi connectivity index (χ4n) is 1.70. The van der Waals surface area contributed by atoms with Gasteiger partial charge in [-0.1, -0.05) is 30.3 Å². The van der Waals surface area contributed by atoms with Crippen LogP contribution in [0.3, 0.4) is 0 Å². The normalized spacial score (nSPS) is 11.2. The summed E-state index contributed by atoms with van der Waals surface area (Å²) in [5.41, 5.74) is 4.90. The number of carbonyl (C=O) groups is 1. The molecular weight excluding hydrogens is 283 g/mol. The maximum Gasteiger partial charge on any atom is 0.340 e. The number of benzene rings is 2. The van der Waals surface area contributed by atoms with E-state index < -0.39 is 24.3 Å². The van der Waals surface area contributed by atoms with Crippen LogP contribution >= 0.6 is 0 Å². The van der Waals surface area contributed by atoms with Gasteiger partial charge in [0.1, 0.15) is 5.82 Å². The maximum atomic E-state index is 13.8. The third kappa shape index (κ3) is 3.53. The van der Waals surface area contributed by atoms with Crippen LogP contribution in [-0.4, -0.2) is 12.6 Å². The van der Waals surface area contributed by atoms with Crippen LogP contribution in [0, 0.1) is 5.82 Å². The van der Waals surface area contributed by atoms with Crippen LogP contribution in [0.1, 0.15) is 15.9 Å². The van der Waals surface area contributed by atoms with E-state index in [2.05, 4.69) is 4.74 Å². The molecule has 2 aromatic carbocycles. The molecule has 2 N–H and O–H groups in total. The van der Waals surface area contributed by atoms with E-state index in [1.54, 1.807) is 6.07 Å². The van der Waals surface area contributed by atoms with E-state index in [1.165, 1.54) is 30.3 Å². The molecule has 0 bridgehead atoms. The first kappa shape index (κ1) is 14.9. The van der Waals surface area contributed by atoms with Crippen LogP contribution < -0.4 is 5.73 Å². The van der Waals surface area contributed by atoms with E-state index in [9.17, 15) is 18.0 Å². The molecule has 0 aliphatic heterocycles. The zero-order valence-electron chi connectivity index (χ0n) is 10.9. The van der Waals surface area contributed by atoms with Crippen molar-refractivity contribution in [2.45, 2.75) is 5.92 Å². The van der Waals surface area contributed by atoms with E-state index >= 15 is 0 Å². The van der Waals surface area contributed by atoms with Crippen molar-refractivity contribution in [1.29, 1.82) is 0 Å². The van der Waals surface area contributed by atoms with Gasteiger partial charge in [-0.15, -0.1) is 0 Å². The van der Waals surface area contributed by atoms with Gasteiger partial charge in [-0.3, -0.25) is 0 Å². The molecule has 6 heteroatoms. The second kappa shape index (κ2) is 5.87. The number of rotatable bonds is 4. The molecule has 0 fully saturated rings. The number of ether oxygens (including phenoxy) is 1. The topological polar surface area (TPSA) is 52.3 Å². The number of halogens is 3. The Hall–Kier alpha value is -2.50. The SMILES string of the molecule is Nc1ccc(F)cc1C(=O)OCC(F)(F)c1ccccc1. The average Bonchev–Trinajstić information content (AvgIpc) is 2.48. The van der Waals surface area contributed by atoms with Crippen molar-refractivity contribution >= 4 is 11.7 Å². The lowest BCUT2D eigenvalue weighted by atomic mass is 10.1. The summed E-state index contributed by atoms with van der Waals surface area (Å²) in [6, 6.07) is 10.0. The smallest absolute Gasteiger partial charge is 0.340 e. The summed E-state index contributed by atoms with van der Waals surface area (Å²) in [6.07, 6.45) is 0.